The highest BCUT2D eigenvalue weighted by atomic mass is 19.1. The lowest BCUT2D eigenvalue weighted by Gasteiger charge is -2.56. The number of hydrogen-bond donors (Lipinski definition) is 2. The normalized spacial score (nSPS) is 23.6. The minimum Gasteiger partial charge on any atom is -0.496 e. The van der Waals surface area contributed by atoms with E-state index in [1.54, 1.807) is 24.3 Å². The molecule has 15 heteroatoms. The fraction of sp³-hybridized carbons (Fsp3) is 0.540. The summed E-state index contributed by atoms with van der Waals surface area (Å²) in [5.41, 5.74) is 4.84. The van der Waals surface area contributed by atoms with Gasteiger partial charge in [-0.1, -0.05) is 13.8 Å². The fourth-order valence-electron chi connectivity index (χ4n) is 12.0. The number of anilines is 3. The average Bonchev–Trinajstić information content (AvgIpc) is 3.94. The molecule has 0 bridgehead atoms. The van der Waals surface area contributed by atoms with Crippen LogP contribution in [0, 0.1) is 23.1 Å². The third kappa shape index (κ3) is 7.81. The molecule has 8 heterocycles. The number of benzene rings is 2. The standard InChI is InChI=1S/C50H62FN9O5/c1-4-50(5-2)45(60(49(50)64)40-11-17-53-46-37(40)10-16-52-46)38-27-39(51)42(28-43(38)65-3)58-20-14-33(15-21-58)30-56-24-22-55(23-25-56)29-32-12-18-57(19-13-32)35-6-7-36-34(26-35)31-59(48(36)63)41-8-9-44(61)54-47(41)62/h6-7,10-11,16-17,26-28,32-33,41,45H,4-5,8-9,12-15,18-25,29-31H2,1-3H3,(H,52,53)(H,54,61,62)/t41-,45-/m0/s1. The number of β-lactam (4-membered cyclic amide) rings is 1. The zero-order valence-corrected chi connectivity index (χ0v) is 38.0. The van der Waals surface area contributed by atoms with E-state index in [1.165, 1.54) is 0 Å². The third-order valence-corrected chi connectivity index (χ3v) is 15.9. The molecule has 14 nitrogen and oxygen atoms in total. The van der Waals surface area contributed by atoms with Crippen molar-refractivity contribution >= 4 is 51.7 Å². The summed E-state index contributed by atoms with van der Waals surface area (Å²) in [6, 6.07) is 12.4. The van der Waals surface area contributed by atoms with E-state index in [2.05, 4.69) is 41.0 Å². The molecule has 2 aromatic heterocycles. The molecule has 4 amide bonds. The maximum Gasteiger partial charge on any atom is 0.255 e. The molecular formula is C50H62FN9O5. The molecule has 5 saturated heterocycles. The largest absolute Gasteiger partial charge is 0.496 e. The first-order valence-corrected chi connectivity index (χ1v) is 23.9. The van der Waals surface area contributed by atoms with Crippen molar-refractivity contribution in [3.8, 4) is 5.75 Å². The van der Waals surface area contributed by atoms with E-state index in [4.69, 9.17) is 4.74 Å². The van der Waals surface area contributed by atoms with E-state index in [0.717, 1.165) is 113 Å². The number of imide groups is 1. The van der Waals surface area contributed by atoms with Crippen LogP contribution < -0.4 is 24.8 Å². The van der Waals surface area contributed by atoms with Crippen molar-refractivity contribution < 1.29 is 28.3 Å². The van der Waals surface area contributed by atoms with Crippen LogP contribution in [0.3, 0.4) is 0 Å². The lowest BCUT2D eigenvalue weighted by molar-refractivity contribution is -0.141. The average molecular weight is 888 g/mol. The second-order valence-electron chi connectivity index (χ2n) is 19.3. The Kier molecular flexibility index (Phi) is 11.8. The Bertz CT molecular complexity index is 2470. The van der Waals surface area contributed by atoms with Crippen LogP contribution in [0.1, 0.15) is 92.7 Å². The van der Waals surface area contributed by atoms with Gasteiger partial charge < -0.3 is 39.1 Å². The monoisotopic (exact) mass is 887 g/mol. The zero-order valence-electron chi connectivity index (χ0n) is 38.0. The van der Waals surface area contributed by atoms with Crippen LogP contribution in [0.5, 0.6) is 5.75 Å². The number of aromatic amines is 1. The number of fused-ring (bicyclic) bond motifs is 2. The van der Waals surface area contributed by atoms with E-state index in [9.17, 15) is 19.2 Å². The van der Waals surface area contributed by atoms with Crippen molar-refractivity contribution in [2.24, 2.45) is 17.3 Å². The lowest BCUT2D eigenvalue weighted by Crippen LogP contribution is -2.63. The molecule has 10 rings (SSSR count). The minimum absolute atomic E-state index is 0.0473. The molecule has 2 atom stereocenters. The number of pyridine rings is 1. The molecular weight excluding hydrogens is 826 g/mol. The van der Waals surface area contributed by atoms with Crippen molar-refractivity contribution in [2.45, 2.75) is 83.8 Å². The summed E-state index contributed by atoms with van der Waals surface area (Å²) in [5, 5.41) is 3.25. The first kappa shape index (κ1) is 43.4. The van der Waals surface area contributed by atoms with Crippen molar-refractivity contribution in [1.29, 1.82) is 0 Å². The predicted octanol–water partition coefficient (Wildman–Crippen LogP) is 6.12. The second-order valence-corrected chi connectivity index (χ2v) is 19.3. The van der Waals surface area contributed by atoms with Crippen molar-refractivity contribution in [3.63, 3.8) is 0 Å². The molecule has 5 fully saturated rings. The molecule has 0 unspecified atom stereocenters. The number of H-pyrrole nitrogens is 1. The summed E-state index contributed by atoms with van der Waals surface area (Å²) < 4.78 is 22.4. The maximum atomic E-state index is 16.4. The highest BCUT2D eigenvalue weighted by Crippen LogP contribution is 2.59. The Balaban J connectivity index is 0.694. The summed E-state index contributed by atoms with van der Waals surface area (Å²) in [6.45, 7) is 14.5. The molecule has 2 N–H and O–H groups in total. The number of rotatable bonds is 12. The number of piperidine rings is 3. The molecule has 4 aromatic rings. The second kappa shape index (κ2) is 17.7. The van der Waals surface area contributed by atoms with Crippen LogP contribution in [0.15, 0.2) is 54.9 Å². The van der Waals surface area contributed by atoms with Gasteiger partial charge in [-0.3, -0.25) is 24.5 Å². The Labute approximate surface area is 380 Å². The van der Waals surface area contributed by atoms with Gasteiger partial charge in [0.25, 0.3) is 5.91 Å². The quantitative estimate of drug-likeness (QED) is 0.127. The number of halogens is 1. The lowest BCUT2D eigenvalue weighted by atomic mass is 9.64. The summed E-state index contributed by atoms with van der Waals surface area (Å²) in [4.78, 5) is 72.3. The summed E-state index contributed by atoms with van der Waals surface area (Å²) in [6.07, 6.45) is 9.72. The van der Waals surface area contributed by atoms with Gasteiger partial charge in [-0.05, 0) is 98.7 Å². The van der Waals surface area contributed by atoms with Gasteiger partial charge in [0.15, 0.2) is 0 Å². The van der Waals surface area contributed by atoms with E-state index >= 15 is 4.39 Å². The molecule has 0 spiro atoms. The number of carbonyl (C=O) groups excluding carboxylic acids is 4. The summed E-state index contributed by atoms with van der Waals surface area (Å²) in [5.74, 6) is 0.825. The Morgan fingerprint density at radius 1 is 0.800 bits per heavy atom. The number of nitrogens with zero attached hydrogens (tertiary/aromatic N) is 7. The topological polar surface area (TPSA) is 138 Å². The number of carbonyl (C=O) groups is 4. The first-order chi connectivity index (χ1) is 31.6. The van der Waals surface area contributed by atoms with Crippen LogP contribution in [0.2, 0.25) is 0 Å². The summed E-state index contributed by atoms with van der Waals surface area (Å²) in [7, 11) is 1.64. The smallest absolute Gasteiger partial charge is 0.255 e. The van der Waals surface area contributed by atoms with Gasteiger partial charge in [0, 0.05) is 119 Å². The van der Waals surface area contributed by atoms with Gasteiger partial charge in [0.05, 0.1) is 29.9 Å². The number of nitrogens with one attached hydrogen (secondary N) is 2. The van der Waals surface area contributed by atoms with Crippen molar-refractivity contribution in [3.05, 3.63) is 77.4 Å². The van der Waals surface area contributed by atoms with E-state index < -0.39 is 11.5 Å². The van der Waals surface area contributed by atoms with Gasteiger partial charge in [0.2, 0.25) is 17.7 Å². The van der Waals surface area contributed by atoms with Crippen LogP contribution in [-0.2, 0) is 20.9 Å². The molecule has 2 aromatic carbocycles. The molecule has 0 radical (unpaired) electrons. The third-order valence-electron chi connectivity index (χ3n) is 15.9. The van der Waals surface area contributed by atoms with E-state index in [-0.39, 0.29) is 41.9 Å². The number of piperazine rings is 1. The zero-order chi connectivity index (χ0) is 45.0. The van der Waals surface area contributed by atoms with Crippen molar-refractivity contribution in [1.82, 2.24) is 30.0 Å². The Morgan fingerprint density at radius 2 is 1.48 bits per heavy atom. The number of aromatic nitrogens is 2. The predicted molar refractivity (Wildman–Crippen MR) is 248 cm³/mol. The molecule has 344 valence electrons. The highest BCUT2D eigenvalue weighted by molar-refractivity contribution is 6.11. The first-order valence-electron chi connectivity index (χ1n) is 23.9. The highest BCUT2D eigenvalue weighted by Gasteiger charge is 2.60. The van der Waals surface area contributed by atoms with Crippen LogP contribution in [0.4, 0.5) is 21.5 Å². The van der Waals surface area contributed by atoms with Crippen LogP contribution in [-0.4, -0.2) is 127 Å². The molecule has 6 aliphatic heterocycles. The fourth-order valence-corrected chi connectivity index (χ4v) is 12.0. The van der Waals surface area contributed by atoms with Gasteiger partial charge in [-0.15, -0.1) is 0 Å². The van der Waals surface area contributed by atoms with Gasteiger partial charge in [-0.25, -0.2) is 9.37 Å². The van der Waals surface area contributed by atoms with Crippen LogP contribution in [0.25, 0.3) is 11.0 Å². The maximum absolute atomic E-state index is 16.4. The molecule has 0 saturated carbocycles. The van der Waals surface area contributed by atoms with Gasteiger partial charge >= 0.3 is 0 Å². The van der Waals surface area contributed by atoms with E-state index in [1.807, 2.05) is 55.3 Å². The van der Waals surface area contributed by atoms with Crippen molar-refractivity contribution in [2.75, 3.05) is 87.3 Å². The van der Waals surface area contributed by atoms with E-state index in [0.29, 0.717) is 65.9 Å². The van der Waals surface area contributed by atoms with Crippen LogP contribution >= 0.6 is 0 Å². The Morgan fingerprint density at radius 3 is 2.12 bits per heavy atom. The number of ether oxygens (including phenoxy) is 1. The number of methoxy groups -OCH3 is 1. The summed E-state index contributed by atoms with van der Waals surface area (Å²) >= 11 is 0. The van der Waals surface area contributed by atoms with Gasteiger partial charge in [-0.2, -0.15) is 0 Å². The number of hydrogen-bond acceptors (Lipinski definition) is 10. The Hall–Kier alpha value is -5.54. The van der Waals surface area contributed by atoms with Gasteiger partial charge in [0.1, 0.15) is 23.3 Å². The number of amides is 4. The molecule has 65 heavy (non-hydrogen) atoms. The molecule has 6 aliphatic rings. The molecule has 0 aliphatic carbocycles. The minimum atomic E-state index is -0.654. The SMILES string of the molecule is CCC1(CC)C(=O)N(c2ccnc3[nH]ccc23)[C@H]1c1cc(F)c(N2CCC(CN3CCN(CC4CCN(c5ccc6c(c5)CN([C@H]5CCC(=O)NC5=O)C6=O)CC4)CC3)CC2)cc1OC.